The molecule has 3 N–H and O–H groups in total. The molecule has 5 heteroatoms. The molecule has 0 fully saturated rings. The topological polar surface area (TPSA) is 69.6 Å². The van der Waals surface area contributed by atoms with Crippen LogP contribution in [-0.2, 0) is 11.1 Å². The van der Waals surface area contributed by atoms with Gasteiger partial charge in [0.25, 0.3) is 0 Å². The maximum absolute atomic E-state index is 10.7. The summed E-state index contributed by atoms with van der Waals surface area (Å²) in [7, 11) is 0. The van der Waals surface area contributed by atoms with E-state index >= 15 is 0 Å². The minimum atomic E-state index is -1.95. The van der Waals surface area contributed by atoms with Crippen LogP contribution in [0.2, 0.25) is 0 Å². The molecule has 1 aromatic carbocycles. The van der Waals surface area contributed by atoms with Gasteiger partial charge in [0.05, 0.1) is 11.0 Å². The van der Waals surface area contributed by atoms with Crippen molar-refractivity contribution >= 4 is 11.1 Å². The zero-order chi connectivity index (χ0) is 11.3. The molecule has 1 rings (SSSR count). The van der Waals surface area contributed by atoms with Crippen molar-refractivity contribution in [3.8, 4) is 0 Å². The van der Waals surface area contributed by atoms with Crippen LogP contribution < -0.4 is 5.32 Å². The lowest BCUT2D eigenvalue weighted by Gasteiger charge is -2.11. The third kappa shape index (κ3) is 3.71. The standard InChI is InChI=1S/C10H15NO3S/c1-2-11-7-10(12)8-3-5-9(6-4-8)15(13)14/h3-6,10-12H,2,7H2,1H3,(H,13,14). The zero-order valence-electron chi connectivity index (χ0n) is 8.51. The van der Waals surface area contributed by atoms with Crippen molar-refractivity contribution in [3.63, 3.8) is 0 Å². The van der Waals surface area contributed by atoms with Gasteiger partial charge in [-0.15, -0.1) is 0 Å². The number of hydrogen-bond acceptors (Lipinski definition) is 3. The first-order valence-electron chi connectivity index (χ1n) is 4.74. The summed E-state index contributed by atoms with van der Waals surface area (Å²) in [5, 5.41) is 12.7. The molecular formula is C10H15NO3S. The zero-order valence-corrected chi connectivity index (χ0v) is 9.33. The van der Waals surface area contributed by atoms with Crippen LogP contribution in [0.4, 0.5) is 0 Å². The number of nitrogens with one attached hydrogen (secondary N) is 1. The van der Waals surface area contributed by atoms with Crippen LogP contribution in [-0.4, -0.2) is 27.0 Å². The van der Waals surface area contributed by atoms with E-state index < -0.39 is 17.2 Å². The summed E-state index contributed by atoms with van der Waals surface area (Å²) in [6, 6.07) is 6.40. The van der Waals surface area contributed by atoms with Crippen LogP contribution in [0, 0.1) is 0 Å². The number of aliphatic hydroxyl groups excluding tert-OH is 1. The summed E-state index contributed by atoms with van der Waals surface area (Å²) in [6.07, 6.45) is -0.578. The molecule has 0 aliphatic carbocycles. The summed E-state index contributed by atoms with van der Waals surface area (Å²) in [5.74, 6) is 0. The van der Waals surface area contributed by atoms with Crippen molar-refractivity contribution in [2.75, 3.05) is 13.1 Å². The Balaban J connectivity index is 2.66. The number of aliphatic hydroxyl groups is 1. The highest BCUT2D eigenvalue weighted by Crippen LogP contribution is 2.14. The quantitative estimate of drug-likeness (QED) is 0.656. The molecule has 2 unspecified atom stereocenters. The van der Waals surface area contributed by atoms with Gasteiger partial charge in [-0.25, -0.2) is 4.21 Å². The average molecular weight is 229 g/mol. The van der Waals surface area contributed by atoms with Crippen LogP contribution in [0.3, 0.4) is 0 Å². The molecule has 2 atom stereocenters. The number of benzene rings is 1. The lowest BCUT2D eigenvalue weighted by molar-refractivity contribution is 0.175. The predicted octanol–water partition coefficient (Wildman–Crippen LogP) is 0.910. The van der Waals surface area contributed by atoms with E-state index in [1.54, 1.807) is 24.3 Å². The van der Waals surface area contributed by atoms with Crippen molar-refractivity contribution in [1.29, 1.82) is 0 Å². The Bertz CT molecular complexity index is 326. The van der Waals surface area contributed by atoms with Crippen molar-refractivity contribution in [3.05, 3.63) is 29.8 Å². The maximum atomic E-state index is 10.7. The van der Waals surface area contributed by atoms with Crippen LogP contribution in [0.25, 0.3) is 0 Å². The van der Waals surface area contributed by atoms with Gasteiger partial charge < -0.3 is 15.0 Å². The van der Waals surface area contributed by atoms with Crippen molar-refractivity contribution in [2.24, 2.45) is 0 Å². The molecule has 0 aliphatic heterocycles. The molecule has 4 nitrogen and oxygen atoms in total. The summed E-state index contributed by atoms with van der Waals surface area (Å²) in [6.45, 7) is 3.25. The lowest BCUT2D eigenvalue weighted by atomic mass is 10.1. The van der Waals surface area contributed by atoms with Crippen molar-refractivity contribution in [2.45, 2.75) is 17.9 Å². The fourth-order valence-corrected chi connectivity index (χ4v) is 1.57. The van der Waals surface area contributed by atoms with Crippen molar-refractivity contribution < 1.29 is 13.9 Å². The number of hydrogen-bond donors (Lipinski definition) is 3. The van der Waals surface area contributed by atoms with E-state index in [9.17, 15) is 9.32 Å². The molecule has 0 saturated carbocycles. The molecule has 84 valence electrons. The van der Waals surface area contributed by atoms with Gasteiger partial charge in [0, 0.05) is 6.54 Å². The van der Waals surface area contributed by atoms with Gasteiger partial charge >= 0.3 is 0 Å². The largest absolute Gasteiger partial charge is 0.387 e. The van der Waals surface area contributed by atoms with Gasteiger partial charge in [-0.1, -0.05) is 19.1 Å². The first kappa shape index (κ1) is 12.3. The fraction of sp³-hybridized carbons (Fsp3) is 0.400. The summed E-state index contributed by atoms with van der Waals surface area (Å²) in [4.78, 5) is 0.342. The van der Waals surface area contributed by atoms with Crippen LogP contribution in [0.15, 0.2) is 29.2 Å². The molecule has 15 heavy (non-hydrogen) atoms. The third-order valence-electron chi connectivity index (χ3n) is 2.05. The Morgan fingerprint density at radius 2 is 2.00 bits per heavy atom. The highest BCUT2D eigenvalue weighted by Gasteiger charge is 2.07. The van der Waals surface area contributed by atoms with E-state index in [0.29, 0.717) is 11.4 Å². The summed E-state index contributed by atoms with van der Waals surface area (Å²) in [5.41, 5.74) is 0.741. The second-order valence-electron chi connectivity index (χ2n) is 3.14. The van der Waals surface area contributed by atoms with Gasteiger partial charge in [0.15, 0.2) is 11.1 Å². The molecule has 0 heterocycles. The monoisotopic (exact) mass is 229 g/mol. The summed E-state index contributed by atoms with van der Waals surface area (Å²) < 4.78 is 19.5. The highest BCUT2D eigenvalue weighted by atomic mass is 32.2. The maximum Gasteiger partial charge on any atom is 0.186 e. The molecular weight excluding hydrogens is 214 g/mol. The second-order valence-corrected chi connectivity index (χ2v) is 4.11. The van der Waals surface area contributed by atoms with E-state index in [1.165, 1.54) is 0 Å². The molecule has 0 aliphatic rings. The Hall–Kier alpha value is -0.750. The first-order chi connectivity index (χ1) is 7.15. The number of rotatable bonds is 5. The Morgan fingerprint density at radius 3 is 2.47 bits per heavy atom. The van der Waals surface area contributed by atoms with E-state index in [4.69, 9.17) is 4.55 Å². The first-order valence-corrected chi connectivity index (χ1v) is 5.85. The number of likely N-dealkylation sites (N-methyl/N-ethyl adjacent to an activating group) is 1. The average Bonchev–Trinajstić information content (AvgIpc) is 2.26. The van der Waals surface area contributed by atoms with Crippen LogP contribution in [0.5, 0.6) is 0 Å². The van der Waals surface area contributed by atoms with E-state index in [-0.39, 0.29) is 0 Å². The normalized spacial score (nSPS) is 14.9. The van der Waals surface area contributed by atoms with Gasteiger partial charge in [0.1, 0.15) is 0 Å². The molecule has 0 saturated heterocycles. The third-order valence-corrected chi connectivity index (χ3v) is 2.73. The minimum Gasteiger partial charge on any atom is -0.387 e. The highest BCUT2D eigenvalue weighted by molar-refractivity contribution is 7.79. The minimum absolute atomic E-state index is 0.342. The Kier molecular flexibility index (Phi) is 4.90. The van der Waals surface area contributed by atoms with E-state index in [1.807, 2.05) is 6.92 Å². The molecule has 0 amide bonds. The van der Waals surface area contributed by atoms with Crippen molar-refractivity contribution in [1.82, 2.24) is 5.32 Å². The van der Waals surface area contributed by atoms with Crippen LogP contribution >= 0.6 is 0 Å². The Morgan fingerprint density at radius 1 is 1.40 bits per heavy atom. The van der Waals surface area contributed by atoms with E-state index in [2.05, 4.69) is 5.32 Å². The molecule has 0 bridgehead atoms. The van der Waals surface area contributed by atoms with Gasteiger partial charge in [-0.3, -0.25) is 0 Å². The van der Waals surface area contributed by atoms with Crippen LogP contribution in [0.1, 0.15) is 18.6 Å². The van der Waals surface area contributed by atoms with Gasteiger partial charge in [0.2, 0.25) is 0 Å². The van der Waals surface area contributed by atoms with Gasteiger partial charge in [-0.05, 0) is 24.2 Å². The predicted molar refractivity (Wildman–Crippen MR) is 59.0 cm³/mol. The van der Waals surface area contributed by atoms with E-state index in [0.717, 1.165) is 12.1 Å². The molecule has 0 radical (unpaired) electrons. The van der Waals surface area contributed by atoms with Gasteiger partial charge in [-0.2, -0.15) is 0 Å². The second kappa shape index (κ2) is 5.97. The molecule has 1 aromatic rings. The SMILES string of the molecule is CCNCC(O)c1ccc(S(=O)O)cc1. The Labute approximate surface area is 91.6 Å². The molecule has 0 aromatic heterocycles. The fourth-order valence-electron chi connectivity index (χ4n) is 1.21. The molecule has 0 spiro atoms. The smallest absolute Gasteiger partial charge is 0.186 e. The lowest BCUT2D eigenvalue weighted by Crippen LogP contribution is -2.20. The summed E-state index contributed by atoms with van der Waals surface area (Å²) >= 11 is -1.95.